The third kappa shape index (κ3) is 3.81. The second-order valence-corrected chi connectivity index (χ2v) is 8.27. The number of hydrogen-bond acceptors (Lipinski definition) is 5. The fraction of sp³-hybridized carbons (Fsp3) is 0.364. The minimum Gasteiger partial charge on any atom is -0.472 e. The molecule has 2 fully saturated rings. The van der Waals surface area contributed by atoms with Crippen LogP contribution in [0.25, 0.3) is 5.69 Å². The zero-order valence-electron chi connectivity index (χ0n) is 17.4. The van der Waals surface area contributed by atoms with Crippen LogP contribution in [0.5, 0.6) is 5.88 Å². The van der Waals surface area contributed by atoms with Crippen molar-refractivity contribution >= 4 is 5.91 Å². The van der Waals surface area contributed by atoms with Gasteiger partial charge in [0.05, 0.1) is 29.6 Å². The number of alkyl halides is 3. The Bertz CT molecular complexity index is 1170. The molecule has 2 aliphatic rings. The van der Waals surface area contributed by atoms with Gasteiger partial charge in [0.2, 0.25) is 5.88 Å². The van der Waals surface area contributed by atoms with Crippen molar-refractivity contribution in [2.75, 3.05) is 0 Å². The molecule has 7 nitrogen and oxygen atoms in total. The van der Waals surface area contributed by atoms with Gasteiger partial charge in [-0.3, -0.25) is 4.79 Å². The number of carbonyl (C=O) groups excluding carboxylic acids is 1. The standard InChI is InChI=1S/C22H19F4N5O2/c1-12-13-8-18(19(9-13)33-20-5-2-14(11-27-20)22(24,25)26)30(12)21(32)16-4-3-15(23)10-17(16)31-28-6-7-29-31/h2-7,10-13,18-19H,8-9H2,1H3/t12-,13-,18+,19-/m1/s1. The number of aromatic nitrogens is 4. The van der Waals surface area contributed by atoms with Gasteiger partial charge in [-0.25, -0.2) is 9.37 Å². The molecule has 1 saturated carbocycles. The lowest BCUT2D eigenvalue weighted by molar-refractivity contribution is -0.137. The number of piperidine rings is 1. The summed E-state index contributed by atoms with van der Waals surface area (Å²) in [5.41, 5.74) is -0.385. The molecule has 1 aliphatic carbocycles. The Morgan fingerprint density at radius 1 is 1.12 bits per heavy atom. The maximum atomic E-state index is 13.9. The average Bonchev–Trinajstić information content (AvgIpc) is 3.50. The molecule has 0 radical (unpaired) electrons. The summed E-state index contributed by atoms with van der Waals surface area (Å²) in [5.74, 6) is -0.589. The number of fused-ring (bicyclic) bond motifs is 2. The molecule has 0 spiro atoms. The van der Waals surface area contributed by atoms with Crippen molar-refractivity contribution in [3.63, 3.8) is 0 Å². The molecule has 33 heavy (non-hydrogen) atoms. The first-order valence-corrected chi connectivity index (χ1v) is 10.4. The van der Waals surface area contributed by atoms with Crippen LogP contribution in [0.2, 0.25) is 0 Å². The van der Waals surface area contributed by atoms with E-state index in [-0.39, 0.29) is 41.0 Å². The maximum Gasteiger partial charge on any atom is 0.417 e. The predicted octanol–water partition coefficient (Wildman–Crippen LogP) is 3.89. The summed E-state index contributed by atoms with van der Waals surface area (Å²) < 4.78 is 58.2. The third-order valence-electron chi connectivity index (χ3n) is 6.38. The van der Waals surface area contributed by atoms with E-state index in [4.69, 9.17) is 4.74 Å². The summed E-state index contributed by atoms with van der Waals surface area (Å²) in [4.78, 5) is 20.3. The van der Waals surface area contributed by atoms with Crippen molar-refractivity contribution in [1.29, 1.82) is 0 Å². The highest BCUT2D eigenvalue weighted by Gasteiger charge is 2.53. The first-order chi connectivity index (χ1) is 15.7. The largest absolute Gasteiger partial charge is 0.472 e. The molecule has 3 aromatic rings. The van der Waals surface area contributed by atoms with Crippen molar-refractivity contribution in [3.8, 4) is 11.6 Å². The van der Waals surface area contributed by atoms with Gasteiger partial charge in [-0.2, -0.15) is 28.2 Å². The molecule has 2 bridgehead atoms. The number of halogens is 4. The molecule has 4 atom stereocenters. The van der Waals surface area contributed by atoms with Crippen LogP contribution in [0.1, 0.15) is 35.7 Å². The zero-order valence-corrected chi connectivity index (χ0v) is 17.4. The van der Waals surface area contributed by atoms with Gasteiger partial charge in [0.15, 0.2) is 0 Å². The van der Waals surface area contributed by atoms with Gasteiger partial charge in [0.1, 0.15) is 17.6 Å². The SMILES string of the molecule is C[C@@H]1[C@H]2C[C@@H](Oc3ccc(C(F)(F)F)cn3)[C@H](C2)N1C(=O)c1ccc(F)cc1-n1nccn1. The molecule has 0 unspecified atom stereocenters. The lowest BCUT2D eigenvalue weighted by atomic mass is 9.98. The monoisotopic (exact) mass is 461 g/mol. The minimum absolute atomic E-state index is 0.0730. The Balaban J connectivity index is 1.39. The number of pyridine rings is 1. The molecule has 2 aromatic heterocycles. The second kappa shape index (κ2) is 7.82. The first kappa shape index (κ1) is 21.4. The second-order valence-electron chi connectivity index (χ2n) is 8.27. The van der Waals surface area contributed by atoms with Crippen molar-refractivity contribution in [2.45, 2.75) is 44.1 Å². The van der Waals surface area contributed by atoms with Crippen LogP contribution in [0.4, 0.5) is 17.6 Å². The fourth-order valence-corrected chi connectivity index (χ4v) is 4.79. The Morgan fingerprint density at radius 3 is 2.52 bits per heavy atom. The van der Waals surface area contributed by atoms with E-state index in [1.165, 1.54) is 41.5 Å². The molecular weight excluding hydrogens is 442 g/mol. The zero-order chi connectivity index (χ0) is 23.3. The van der Waals surface area contributed by atoms with Gasteiger partial charge in [0.25, 0.3) is 5.91 Å². The number of ether oxygens (including phenoxy) is 1. The van der Waals surface area contributed by atoms with Gasteiger partial charge >= 0.3 is 6.18 Å². The number of nitrogens with zero attached hydrogens (tertiary/aromatic N) is 5. The third-order valence-corrected chi connectivity index (χ3v) is 6.38. The van der Waals surface area contributed by atoms with Crippen LogP contribution in [0.15, 0.2) is 48.9 Å². The van der Waals surface area contributed by atoms with Crippen LogP contribution < -0.4 is 4.74 Å². The number of benzene rings is 1. The van der Waals surface area contributed by atoms with E-state index in [9.17, 15) is 22.4 Å². The number of likely N-dealkylation sites (tertiary alicyclic amines) is 1. The number of carbonyl (C=O) groups is 1. The topological polar surface area (TPSA) is 73.1 Å². The Morgan fingerprint density at radius 2 is 1.88 bits per heavy atom. The van der Waals surface area contributed by atoms with Gasteiger partial charge < -0.3 is 9.64 Å². The lowest BCUT2D eigenvalue weighted by Crippen LogP contribution is -2.51. The quantitative estimate of drug-likeness (QED) is 0.552. The molecule has 0 N–H and O–H groups in total. The normalized spacial score (nSPS) is 24.3. The van der Waals surface area contributed by atoms with E-state index in [0.29, 0.717) is 12.8 Å². The highest BCUT2D eigenvalue weighted by molar-refractivity contribution is 5.98. The molecule has 3 heterocycles. The summed E-state index contributed by atoms with van der Waals surface area (Å²) in [6.45, 7) is 1.95. The van der Waals surface area contributed by atoms with Crippen LogP contribution in [0.3, 0.4) is 0 Å². The molecule has 5 rings (SSSR count). The van der Waals surface area contributed by atoms with Crippen molar-refractivity contribution in [1.82, 2.24) is 24.9 Å². The van der Waals surface area contributed by atoms with Crippen molar-refractivity contribution in [3.05, 3.63) is 65.9 Å². The number of hydrogen-bond donors (Lipinski definition) is 0. The van der Waals surface area contributed by atoms with E-state index < -0.39 is 23.7 Å². The summed E-state index contributed by atoms with van der Waals surface area (Å²) >= 11 is 0. The van der Waals surface area contributed by atoms with Gasteiger partial charge in [-0.05, 0) is 43.9 Å². The highest BCUT2D eigenvalue weighted by Crippen LogP contribution is 2.45. The average molecular weight is 461 g/mol. The van der Waals surface area contributed by atoms with E-state index in [0.717, 1.165) is 12.3 Å². The van der Waals surface area contributed by atoms with Crippen LogP contribution in [0, 0.1) is 11.7 Å². The van der Waals surface area contributed by atoms with Gasteiger partial charge in [-0.15, -0.1) is 0 Å². The summed E-state index contributed by atoms with van der Waals surface area (Å²) in [6, 6.07) is 5.56. The van der Waals surface area contributed by atoms with Crippen molar-refractivity contribution in [2.24, 2.45) is 5.92 Å². The maximum absolute atomic E-state index is 13.9. The smallest absolute Gasteiger partial charge is 0.417 e. The molecule has 1 saturated heterocycles. The number of rotatable bonds is 4. The van der Waals surface area contributed by atoms with Crippen molar-refractivity contribution < 1.29 is 27.1 Å². The number of amides is 1. The summed E-state index contributed by atoms with van der Waals surface area (Å²) in [6.07, 6.45) is 0.0691. The van der Waals surface area contributed by atoms with Crippen LogP contribution in [-0.2, 0) is 6.18 Å². The van der Waals surface area contributed by atoms with E-state index in [1.807, 2.05) is 6.92 Å². The molecule has 1 amide bonds. The van der Waals surface area contributed by atoms with Crippen LogP contribution >= 0.6 is 0 Å². The van der Waals surface area contributed by atoms with Crippen LogP contribution in [-0.4, -0.2) is 49.0 Å². The van der Waals surface area contributed by atoms with Gasteiger partial charge in [-0.1, -0.05) is 0 Å². The fourth-order valence-electron chi connectivity index (χ4n) is 4.79. The summed E-state index contributed by atoms with van der Waals surface area (Å²) in [7, 11) is 0. The first-order valence-electron chi connectivity index (χ1n) is 10.4. The Kier molecular flexibility index (Phi) is 5.06. The highest BCUT2D eigenvalue weighted by atomic mass is 19.4. The molecule has 1 aliphatic heterocycles. The summed E-state index contributed by atoms with van der Waals surface area (Å²) in [5, 5.41) is 8.03. The molecular formula is C22H19F4N5O2. The molecule has 11 heteroatoms. The molecule has 172 valence electrons. The van der Waals surface area contributed by atoms with E-state index in [1.54, 1.807) is 4.90 Å². The minimum atomic E-state index is -4.48. The van der Waals surface area contributed by atoms with E-state index in [2.05, 4.69) is 15.2 Å². The van der Waals surface area contributed by atoms with Gasteiger partial charge in [0, 0.05) is 24.4 Å². The molecule has 1 aromatic carbocycles. The Hall–Kier alpha value is -3.50. The lowest BCUT2D eigenvalue weighted by Gasteiger charge is -2.38. The van der Waals surface area contributed by atoms with E-state index >= 15 is 0 Å². The Labute approximate surface area is 186 Å². The predicted molar refractivity (Wildman–Crippen MR) is 107 cm³/mol.